The van der Waals surface area contributed by atoms with Gasteiger partial charge in [-0.05, 0) is 0 Å². The number of hydrogen-bond acceptors (Lipinski definition) is 2. The molecule has 14 heavy (non-hydrogen) atoms. The molecule has 0 aliphatic rings. The Morgan fingerprint density at radius 2 is 1.79 bits per heavy atom. The van der Waals surface area contributed by atoms with Gasteiger partial charge in [0, 0.05) is 13.1 Å². The van der Waals surface area contributed by atoms with Gasteiger partial charge < -0.3 is 5.11 Å². The van der Waals surface area contributed by atoms with Crippen LogP contribution in [0.15, 0.2) is 6.07 Å². The maximum Gasteiger partial charge on any atom is 0.459 e. The van der Waals surface area contributed by atoms with Crippen molar-refractivity contribution in [2.45, 2.75) is 12.1 Å². The first kappa shape index (κ1) is 10.7. The quantitative estimate of drug-likeness (QED) is 0.726. The molecule has 80 valence electrons. The van der Waals surface area contributed by atoms with E-state index < -0.39 is 23.7 Å². The molecule has 1 rings (SSSR count). The van der Waals surface area contributed by atoms with Gasteiger partial charge in [-0.2, -0.15) is 22.0 Å². The van der Waals surface area contributed by atoms with Gasteiger partial charge in [0.05, 0.1) is 0 Å². The molecule has 0 amide bonds. The van der Waals surface area contributed by atoms with E-state index in [2.05, 4.69) is 5.10 Å². The highest BCUT2D eigenvalue weighted by Crippen LogP contribution is 2.44. The highest BCUT2D eigenvalue weighted by atomic mass is 19.4. The van der Waals surface area contributed by atoms with Crippen LogP contribution in [-0.2, 0) is 13.0 Å². The second-order valence-electron chi connectivity index (χ2n) is 2.58. The number of hydrogen-bond donors (Lipinski definition) is 1. The summed E-state index contributed by atoms with van der Waals surface area (Å²) in [5, 5.41) is 11.6. The molecule has 0 atom stereocenters. The van der Waals surface area contributed by atoms with Crippen molar-refractivity contribution in [2.75, 3.05) is 0 Å². The van der Waals surface area contributed by atoms with Crippen molar-refractivity contribution in [3.05, 3.63) is 11.8 Å². The Hall–Kier alpha value is -1.34. The van der Waals surface area contributed by atoms with E-state index in [9.17, 15) is 22.0 Å². The third-order valence-electron chi connectivity index (χ3n) is 1.54. The molecule has 0 spiro atoms. The molecule has 0 bridgehead atoms. The molecule has 0 radical (unpaired) electrons. The topological polar surface area (TPSA) is 38.0 Å². The summed E-state index contributed by atoms with van der Waals surface area (Å²) in [5.74, 6) is -5.90. The number of nitrogens with zero attached hydrogens (tertiary/aromatic N) is 2. The number of alkyl halides is 5. The second-order valence-corrected chi connectivity index (χ2v) is 2.58. The fraction of sp³-hybridized carbons (Fsp3) is 0.500. The maximum atomic E-state index is 12.6. The molecular formula is C6H5F5N2O. The second kappa shape index (κ2) is 2.82. The molecule has 1 heterocycles. The summed E-state index contributed by atoms with van der Waals surface area (Å²) in [6.45, 7) is 0. The minimum atomic E-state index is -5.70. The van der Waals surface area contributed by atoms with Gasteiger partial charge in [-0.3, -0.25) is 4.68 Å². The maximum absolute atomic E-state index is 12.6. The van der Waals surface area contributed by atoms with Crippen LogP contribution in [0.3, 0.4) is 0 Å². The Labute approximate surface area is 74.8 Å². The Kier molecular flexibility index (Phi) is 2.17. The largest absolute Gasteiger partial charge is 0.492 e. The predicted octanol–water partition coefficient (Wildman–Crippen LogP) is 1.78. The number of aromatic nitrogens is 2. The summed E-state index contributed by atoms with van der Waals surface area (Å²) in [6, 6.07) is 0.271. The zero-order chi connectivity index (χ0) is 11.1. The van der Waals surface area contributed by atoms with Gasteiger partial charge in [0.1, 0.15) is 5.69 Å². The third-order valence-corrected chi connectivity index (χ3v) is 1.54. The first-order chi connectivity index (χ1) is 6.16. The van der Waals surface area contributed by atoms with Gasteiger partial charge in [-0.1, -0.05) is 0 Å². The zero-order valence-electron chi connectivity index (χ0n) is 6.81. The molecule has 0 saturated heterocycles. The summed E-state index contributed by atoms with van der Waals surface area (Å²) in [5.41, 5.74) is -1.40. The molecule has 0 aliphatic carbocycles. The highest BCUT2D eigenvalue weighted by Gasteiger charge is 2.60. The Morgan fingerprint density at radius 3 is 2.07 bits per heavy atom. The van der Waals surface area contributed by atoms with Crippen LogP contribution in [-0.4, -0.2) is 21.1 Å². The lowest BCUT2D eigenvalue weighted by Crippen LogP contribution is -2.35. The molecule has 1 N–H and O–H groups in total. The van der Waals surface area contributed by atoms with E-state index in [1.54, 1.807) is 0 Å². The van der Waals surface area contributed by atoms with E-state index in [1.807, 2.05) is 0 Å². The summed E-state index contributed by atoms with van der Waals surface area (Å²) in [6.07, 6.45) is -5.70. The van der Waals surface area contributed by atoms with Crippen molar-refractivity contribution < 1.29 is 27.1 Å². The van der Waals surface area contributed by atoms with Gasteiger partial charge >= 0.3 is 12.1 Å². The SMILES string of the molecule is Cn1nc(O)cc1C(F)(F)C(F)(F)F. The summed E-state index contributed by atoms with van der Waals surface area (Å²) >= 11 is 0. The lowest BCUT2D eigenvalue weighted by molar-refractivity contribution is -0.291. The smallest absolute Gasteiger partial charge is 0.459 e. The highest BCUT2D eigenvalue weighted by molar-refractivity contribution is 5.19. The fourth-order valence-electron chi connectivity index (χ4n) is 0.891. The standard InChI is InChI=1S/C6H5F5N2O/c1-13-3(2-4(14)12-13)5(7,8)6(9,10)11/h2H,1H3,(H,12,14). The minimum Gasteiger partial charge on any atom is -0.492 e. The van der Waals surface area contributed by atoms with Crippen molar-refractivity contribution >= 4 is 0 Å². The number of aromatic hydroxyl groups is 1. The van der Waals surface area contributed by atoms with Crippen molar-refractivity contribution in [3.63, 3.8) is 0 Å². The molecular weight excluding hydrogens is 211 g/mol. The van der Waals surface area contributed by atoms with Crippen LogP contribution >= 0.6 is 0 Å². The first-order valence-corrected chi connectivity index (χ1v) is 3.34. The number of rotatable bonds is 1. The Bertz CT molecular complexity index is 342. The van der Waals surface area contributed by atoms with Crippen LogP contribution in [0, 0.1) is 0 Å². The minimum absolute atomic E-state index is 0.271. The predicted molar refractivity (Wildman–Crippen MR) is 34.8 cm³/mol. The summed E-state index contributed by atoms with van der Waals surface area (Å²) in [7, 11) is 0.884. The molecule has 0 fully saturated rings. The van der Waals surface area contributed by atoms with E-state index in [4.69, 9.17) is 5.11 Å². The lowest BCUT2D eigenvalue weighted by atomic mass is 10.2. The van der Waals surface area contributed by atoms with Crippen LogP contribution in [0.4, 0.5) is 22.0 Å². The van der Waals surface area contributed by atoms with Crippen LogP contribution in [0.5, 0.6) is 5.88 Å². The van der Waals surface area contributed by atoms with Crippen molar-refractivity contribution in [1.82, 2.24) is 9.78 Å². The van der Waals surface area contributed by atoms with Crippen LogP contribution in [0.1, 0.15) is 5.69 Å². The molecule has 0 unspecified atom stereocenters. The molecule has 8 heteroatoms. The van der Waals surface area contributed by atoms with Crippen LogP contribution in [0.2, 0.25) is 0 Å². The molecule has 3 nitrogen and oxygen atoms in total. The first-order valence-electron chi connectivity index (χ1n) is 3.34. The lowest BCUT2D eigenvalue weighted by Gasteiger charge is -2.18. The van der Waals surface area contributed by atoms with E-state index in [0.717, 1.165) is 7.05 Å². The summed E-state index contributed by atoms with van der Waals surface area (Å²) in [4.78, 5) is 0. The number of aryl methyl sites for hydroxylation is 1. The van der Waals surface area contributed by atoms with Crippen molar-refractivity contribution in [1.29, 1.82) is 0 Å². The zero-order valence-corrected chi connectivity index (χ0v) is 6.81. The fourth-order valence-corrected chi connectivity index (χ4v) is 0.891. The van der Waals surface area contributed by atoms with Crippen molar-refractivity contribution in [2.24, 2.45) is 7.05 Å². The molecule has 0 aliphatic heterocycles. The number of halogens is 5. The van der Waals surface area contributed by atoms with E-state index in [1.165, 1.54) is 0 Å². The average molecular weight is 216 g/mol. The normalized spacial score (nSPS) is 13.3. The van der Waals surface area contributed by atoms with Crippen LogP contribution < -0.4 is 0 Å². The van der Waals surface area contributed by atoms with Gasteiger partial charge in [0.2, 0.25) is 5.88 Å². The Balaban J connectivity index is 3.22. The van der Waals surface area contributed by atoms with Crippen molar-refractivity contribution in [3.8, 4) is 5.88 Å². The monoisotopic (exact) mass is 216 g/mol. The van der Waals surface area contributed by atoms with Gasteiger partial charge in [-0.25, -0.2) is 0 Å². The Morgan fingerprint density at radius 1 is 1.29 bits per heavy atom. The molecule has 0 aromatic carbocycles. The van der Waals surface area contributed by atoms with Crippen LogP contribution in [0.25, 0.3) is 0 Å². The van der Waals surface area contributed by atoms with Gasteiger partial charge in [0.25, 0.3) is 0 Å². The molecule has 1 aromatic rings. The van der Waals surface area contributed by atoms with E-state index >= 15 is 0 Å². The van der Waals surface area contributed by atoms with E-state index in [0.29, 0.717) is 0 Å². The molecule has 0 saturated carbocycles. The van der Waals surface area contributed by atoms with Gasteiger partial charge in [-0.15, -0.1) is 5.10 Å². The third kappa shape index (κ3) is 1.51. The summed E-state index contributed by atoms with van der Waals surface area (Å²) < 4.78 is 61.1. The average Bonchev–Trinajstić information content (AvgIpc) is 2.27. The van der Waals surface area contributed by atoms with E-state index in [-0.39, 0.29) is 10.7 Å². The molecule has 1 aromatic heterocycles. The van der Waals surface area contributed by atoms with Gasteiger partial charge in [0.15, 0.2) is 0 Å².